The molecule has 11 heteroatoms. The van der Waals surface area contributed by atoms with Gasteiger partial charge in [0.1, 0.15) is 17.5 Å². The summed E-state index contributed by atoms with van der Waals surface area (Å²) in [5.41, 5.74) is 2.48. The smallest absolute Gasteiger partial charge is 0.282 e. The van der Waals surface area contributed by atoms with E-state index in [0.717, 1.165) is 10.2 Å². The van der Waals surface area contributed by atoms with Gasteiger partial charge < -0.3 is 20.1 Å². The van der Waals surface area contributed by atoms with Crippen LogP contribution < -0.4 is 10.9 Å². The fourth-order valence-corrected chi connectivity index (χ4v) is 5.39. The van der Waals surface area contributed by atoms with Crippen LogP contribution in [0.25, 0.3) is 27.6 Å². The van der Waals surface area contributed by atoms with Crippen LogP contribution in [0, 0.1) is 5.82 Å². The quantitative estimate of drug-likeness (QED) is 0.277. The van der Waals surface area contributed by atoms with Gasteiger partial charge in [-0.05, 0) is 64.6 Å². The van der Waals surface area contributed by atoms with Gasteiger partial charge >= 0.3 is 0 Å². The SMILES string of the molecule is CC(C)(C)c1cc(F)c2c(=O)n(-c3cccc(-c4ccnc(Nc5ccc(C(=O)N6CCOCC6)cn5)c4)c3CO)ncc2c1. The van der Waals surface area contributed by atoms with E-state index in [-0.39, 0.29) is 16.7 Å². The summed E-state index contributed by atoms with van der Waals surface area (Å²) in [7, 11) is 0. The van der Waals surface area contributed by atoms with Crippen LogP contribution in [0.1, 0.15) is 42.3 Å². The van der Waals surface area contributed by atoms with Gasteiger partial charge in [-0.15, -0.1) is 0 Å². The number of nitrogens with one attached hydrogen (secondary N) is 1. The van der Waals surface area contributed by atoms with Gasteiger partial charge in [0, 0.05) is 36.4 Å². The molecule has 3 aromatic heterocycles. The number of fused-ring (bicyclic) bond motifs is 1. The van der Waals surface area contributed by atoms with Crippen LogP contribution in [-0.2, 0) is 16.8 Å². The summed E-state index contributed by atoms with van der Waals surface area (Å²) >= 11 is 0. The lowest BCUT2D eigenvalue weighted by atomic mass is 9.86. The van der Waals surface area contributed by atoms with Crippen LogP contribution in [0.15, 0.2) is 78.0 Å². The number of benzene rings is 2. The molecule has 4 heterocycles. The topological polar surface area (TPSA) is 122 Å². The normalized spacial score (nSPS) is 13.7. The first-order chi connectivity index (χ1) is 21.6. The number of pyridine rings is 2. The van der Waals surface area contributed by atoms with E-state index in [1.807, 2.05) is 26.8 Å². The highest BCUT2D eigenvalue weighted by Gasteiger charge is 2.21. The molecule has 6 rings (SSSR count). The van der Waals surface area contributed by atoms with Crippen LogP contribution >= 0.6 is 0 Å². The zero-order valence-electron chi connectivity index (χ0n) is 25.2. The molecule has 1 amide bonds. The molecule has 0 aliphatic carbocycles. The molecule has 0 bridgehead atoms. The fraction of sp³-hybridized carbons (Fsp3) is 0.265. The van der Waals surface area contributed by atoms with Crippen molar-refractivity contribution < 1.29 is 19.0 Å². The number of carbonyl (C=O) groups is 1. The average molecular weight is 609 g/mol. The maximum absolute atomic E-state index is 15.3. The van der Waals surface area contributed by atoms with Gasteiger partial charge in [-0.3, -0.25) is 9.59 Å². The van der Waals surface area contributed by atoms with Gasteiger partial charge in [0.05, 0.1) is 42.7 Å². The van der Waals surface area contributed by atoms with E-state index in [1.165, 1.54) is 18.5 Å². The van der Waals surface area contributed by atoms with Crippen molar-refractivity contribution in [2.24, 2.45) is 0 Å². The molecule has 0 atom stereocenters. The van der Waals surface area contributed by atoms with E-state index < -0.39 is 18.0 Å². The van der Waals surface area contributed by atoms with Gasteiger partial charge in [0.15, 0.2) is 0 Å². The molecule has 2 aromatic carbocycles. The number of hydrogen-bond donors (Lipinski definition) is 2. The highest BCUT2D eigenvalue weighted by molar-refractivity contribution is 5.94. The molecule has 10 nitrogen and oxygen atoms in total. The number of ether oxygens (including phenoxy) is 1. The zero-order chi connectivity index (χ0) is 31.7. The van der Waals surface area contributed by atoms with E-state index in [4.69, 9.17) is 4.74 Å². The summed E-state index contributed by atoms with van der Waals surface area (Å²) in [6.45, 7) is 7.67. The zero-order valence-corrected chi connectivity index (χ0v) is 25.2. The summed E-state index contributed by atoms with van der Waals surface area (Å²) < 4.78 is 21.7. The third kappa shape index (κ3) is 6.04. The summed E-state index contributed by atoms with van der Waals surface area (Å²) in [6.07, 6.45) is 4.62. The molecule has 230 valence electrons. The van der Waals surface area contributed by atoms with Gasteiger partial charge in [-0.25, -0.2) is 14.4 Å². The molecule has 0 saturated carbocycles. The van der Waals surface area contributed by atoms with Crippen LogP contribution in [0.5, 0.6) is 0 Å². The predicted octanol–water partition coefficient (Wildman–Crippen LogP) is 4.99. The van der Waals surface area contributed by atoms with E-state index in [2.05, 4.69) is 20.4 Å². The first-order valence-electron chi connectivity index (χ1n) is 14.7. The number of amides is 1. The van der Waals surface area contributed by atoms with Crippen molar-refractivity contribution in [1.29, 1.82) is 0 Å². The molecule has 5 aromatic rings. The maximum Gasteiger partial charge on any atom is 0.282 e. The third-order valence-electron chi connectivity index (χ3n) is 7.88. The molecule has 1 aliphatic rings. The second kappa shape index (κ2) is 12.2. The molecule has 0 unspecified atom stereocenters. The lowest BCUT2D eigenvalue weighted by molar-refractivity contribution is 0.0302. The lowest BCUT2D eigenvalue weighted by Gasteiger charge is -2.26. The Morgan fingerprint density at radius 2 is 1.82 bits per heavy atom. The lowest BCUT2D eigenvalue weighted by Crippen LogP contribution is -2.40. The van der Waals surface area contributed by atoms with Crippen molar-refractivity contribution in [2.75, 3.05) is 31.6 Å². The fourth-order valence-electron chi connectivity index (χ4n) is 5.39. The monoisotopic (exact) mass is 608 g/mol. The van der Waals surface area contributed by atoms with Crippen molar-refractivity contribution >= 4 is 28.3 Å². The Labute approximate surface area is 259 Å². The number of nitrogens with zero attached hydrogens (tertiary/aromatic N) is 5. The van der Waals surface area contributed by atoms with Crippen molar-refractivity contribution in [3.05, 3.63) is 106 Å². The van der Waals surface area contributed by atoms with Crippen molar-refractivity contribution in [3.8, 4) is 16.8 Å². The number of aromatic nitrogens is 4. The minimum absolute atomic E-state index is 0.0622. The number of carbonyl (C=O) groups excluding carboxylic acids is 1. The molecule has 0 spiro atoms. The summed E-state index contributed by atoms with van der Waals surface area (Å²) in [5, 5.41) is 18.4. The molecular formula is C34H33FN6O4. The van der Waals surface area contributed by atoms with Crippen LogP contribution in [-0.4, -0.2) is 62.0 Å². The second-order valence-electron chi connectivity index (χ2n) is 11.9. The Morgan fingerprint density at radius 3 is 2.53 bits per heavy atom. The van der Waals surface area contributed by atoms with Gasteiger partial charge in [0.25, 0.3) is 11.5 Å². The second-order valence-corrected chi connectivity index (χ2v) is 11.9. The first-order valence-corrected chi connectivity index (χ1v) is 14.7. The molecule has 1 aliphatic heterocycles. The summed E-state index contributed by atoms with van der Waals surface area (Å²) in [6, 6.07) is 15.4. The number of aliphatic hydroxyl groups excluding tert-OH is 1. The highest BCUT2D eigenvalue weighted by Crippen LogP contribution is 2.31. The average Bonchev–Trinajstić information content (AvgIpc) is 3.04. The van der Waals surface area contributed by atoms with Crippen LogP contribution in [0.3, 0.4) is 0 Å². The first kappa shape index (κ1) is 30.0. The third-order valence-corrected chi connectivity index (χ3v) is 7.88. The molecule has 45 heavy (non-hydrogen) atoms. The number of aliphatic hydroxyl groups is 1. The minimum atomic E-state index is -0.615. The van der Waals surface area contributed by atoms with Gasteiger partial charge in [0.2, 0.25) is 0 Å². The largest absolute Gasteiger partial charge is 0.392 e. The van der Waals surface area contributed by atoms with Crippen LogP contribution in [0.2, 0.25) is 0 Å². The Bertz CT molecular complexity index is 1950. The predicted molar refractivity (Wildman–Crippen MR) is 169 cm³/mol. The highest BCUT2D eigenvalue weighted by atomic mass is 19.1. The van der Waals surface area contributed by atoms with E-state index in [1.54, 1.807) is 53.6 Å². The van der Waals surface area contributed by atoms with E-state index in [9.17, 15) is 14.7 Å². The van der Waals surface area contributed by atoms with Crippen molar-refractivity contribution in [1.82, 2.24) is 24.6 Å². The number of rotatable bonds is 6. The maximum atomic E-state index is 15.3. The van der Waals surface area contributed by atoms with Crippen molar-refractivity contribution in [3.63, 3.8) is 0 Å². The van der Waals surface area contributed by atoms with Crippen molar-refractivity contribution in [2.45, 2.75) is 32.8 Å². The number of anilines is 2. The van der Waals surface area contributed by atoms with Crippen LogP contribution in [0.4, 0.5) is 16.0 Å². The number of halogens is 1. The van der Waals surface area contributed by atoms with Gasteiger partial charge in [-0.1, -0.05) is 32.9 Å². The Balaban J connectivity index is 1.30. The number of morpholine rings is 1. The van der Waals surface area contributed by atoms with Gasteiger partial charge in [-0.2, -0.15) is 9.78 Å². The summed E-state index contributed by atoms with van der Waals surface area (Å²) in [5.74, 6) is 0.278. The molecule has 1 fully saturated rings. The molecule has 2 N–H and O–H groups in total. The molecule has 1 saturated heterocycles. The van der Waals surface area contributed by atoms with E-state index >= 15 is 4.39 Å². The molecular weight excluding hydrogens is 575 g/mol. The molecule has 0 radical (unpaired) electrons. The van der Waals surface area contributed by atoms with E-state index in [0.29, 0.717) is 71.3 Å². The standard InChI is InChI=1S/C34H33FN6O4/c1-34(2,3)24-15-23-19-38-41(33(44)31(23)27(35)17-24)28-6-4-5-25(26(28)20-42)21-9-10-36-30(16-21)39-29-8-7-22(18-37-29)32(43)40-11-13-45-14-12-40/h4-10,15-19,42H,11-14,20H2,1-3H3,(H,36,37,39). The Kier molecular flexibility index (Phi) is 8.13. The Morgan fingerprint density at radius 1 is 1.02 bits per heavy atom. The minimum Gasteiger partial charge on any atom is -0.392 e. The Hall–Kier alpha value is -5.00. The number of hydrogen-bond acceptors (Lipinski definition) is 8. The summed E-state index contributed by atoms with van der Waals surface area (Å²) in [4.78, 5) is 36.8.